The van der Waals surface area contributed by atoms with E-state index in [0.717, 1.165) is 34.6 Å². The number of alkyl halides is 3. The van der Waals surface area contributed by atoms with Gasteiger partial charge in [-0.1, -0.05) is 24.3 Å². The van der Waals surface area contributed by atoms with E-state index >= 15 is 0 Å². The number of hydrogen-bond donors (Lipinski definition) is 2. The quantitative estimate of drug-likeness (QED) is 0.390. The molecular formula is C23H21F3N7O3+. The minimum absolute atomic E-state index is 0.0245. The summed E-state index contributed by atoms with van der Waals surface area (Å²) in [4.78, 5) is 15.4. The van der Waals surface area contributed by atoms with Crippen molar-refractivity contribution in [1.82, 2.24) is 20.0 Å². The van der Waals surface area contributed by atoms with E-state index in [2.05, 4.69) is 26.0 Å². The largest absolute Gasteiger partial charge is 0.433 e. The number of nitrogens with zero attached hydrogens (tertiary/aromatic N) is 5. The van der Waals surface area contributed by atoms with E-state index in [0.29, 0.717) is 19.8 Å². The first kappa shape index (κ1) is 23.5. The van der Waals surface area contributed by atoms with E-state index in [-0.39, 0.29) is 17.6 Å². The molecule has 4 heterocycles. The number of benzene rings is 1. The number of nitrogens with one attached hydrogen (secondary N) is 2. The summed E-state index contributed by atoms with van der Waals surface area (Å²) in [7, 11) is 0. The molecule has 5 rings (SSSR count). The first-order valence-electron chi connectivity index (χ1n) is 10.9. The van der Waals surface area contributed by atoms with Gasteiger partial charge in [0.25, 0.3) is 6.20 Å². The lowest BCUT2D eigenvalue weighted by Crippen LogP contribution is -2.35. The fourth-order valence-electron chi connectivity index (χ4n) is 3.75. The van der Waals surface area contributed by atoms with Crippen LogP contribution in [0.25, 0.3) is 11.3 Å². The highest BCUT2D eigenvalue weighted by atomic mass is 19.4. The maximum absolute atomic E-state index is 12.8. The third-order valence-electron chi connectivity index (χ3n) is 5.57. The number of rotatable bonds is 6. The summed E-state index contributed by atoms with van der Waals surface area (Å²) in [5.74, 6) is 0.0245. The number of ether oxygens (including phenoxy) is 1. The minimum Gasteiger partial charge on any atom is -0.377 e. The van der Waals surface area contributed by atoms with Gasteiger partial charge < -0.3 is 10.1 Å². The van der Waals surface area contributed by atoms with Gasteiger partial charge in [0.2, 0.25) is 11.8 Å². The van der Waals surface area contributed by atoms with E-state index in [1.165, 1.54) is 16.9 Å². The molecule has 0 atom stereocenters. The maximum atomic E-state index is 12.8. The number of carbonyl (C=O) groups excluding carboxylic acids is 1. The predicted molar refractivity (Wildman–Crippen MR) is 120 cm³/mol. The molecule has 0 radical (unpaired) electrons. The van der Waals surface area contributed by atoms with Gasteiger partial charge in [-0.3, -0.25) is 19.5 Å². The van der Waals surface area contributed by atoms with Gasteiger partial charge in [-0.25, -0.2) is 4.79 Å². The molecule has 0 saturated carbocycles. The van der Waals surface area contributed by atoms with Crippen molar-refractivity contribution in [2.45, 2.75) is 25.7 Å². The molecule has 0 bridgehead atoms. The fraction of sp³-hybridized carbons (Fsp3) is 0.261. The number of carbonyl (C=O) groups is 1. The van der Waals surface area contributed by atoms with Crippen LogP contribution in [-0.2, 0) is 17.5 Å². The zero-order valence-electron chi connectivity index (χ0n) is 19.0. The van der Waals surface area contributed by atoms with Crippen molar-refractivity contribution in [1.29, 1.82) is 0 Å². The van der Waals surface area contributed by atoms with Crippen LogP contribution in [0.4, 0.5) is 29.5 Å². The monoisotopic (exact) mass is 500 g/mol. The van der Waals surface area contributed by atoms with Crippen molar-refractivity contribution in [2.24, 2.45) is 0 Å². The SMILES string of the molecule is Cc1cnn(C2COC2)c1-c1ccc(C[n+]2cc(NC(=O)Nc3ccnc(C(F)(F)F)c3)on2)cc1. The van der Waals surface area contributed by atoms with Crippen LogP contribution in [0.2, 0.25) is 0 Å². The molecule has 1 aliphatic heterocycles. The molecule has 1 saturated heterocycles. The second-order valence-electron chi connectivity index (χ2n) is 8.28. The van der Waals surface area contributed by atoms with Gasteiger partial charge in [0, 0.05) is 23.0 Å². The van der Waals surface area contributed by atoms with Crippen LogP contribution >= 0.6 is 0 Å². The number of amides is 2. The molecule has 13 heteroatoms. The van der Waals surface area contributed by atoms with Crippen molar-refractivity contribution in [3.8, 4) is 11.3 Å². The summed E-state index contributed by atoms with van der Waals surface area (Å²) < 4.78 is 52.2. The van der Waals surface area contributed by atoms with Crippen LogP contribution in [-0.4, -0.2) is 39.3 Å². The van der Waals surface area contributed by atoms with Crippen LogP contribution < -0.4 is 15.3 Å². The Morgan fingerprint density at radius 3 is 2.67 bits per heavy atom. The number of halogens is 3. The lowest BCUT2D eigenvalue weighted by atomic mass is 10.1. The number of hydrogen-bond acceptors (Lipinski definition) is 6. The van der Waals surface area contributed by atoms with Crippen LogP contribution in [0.1, 0.15) is 22.9 Å². The maximum Gasteiger partial charge on any atom is 0.433 e. The minimum atomic E-state index is -4.62. The Labute approximate surface area is 202 Å². The van der Waals surface area contributed by atoms with Gasteiger partial charge in [-0.05, 0) is 29.3 Å². The highest BCUT2D eigenvalue weighted by Gasteiger charge is 2.32. The normalized spacial score (nSPS) is 13.9. The molecule has 0 unspecified atom stereocenters. The number of pyridine rings is 1. The van der Waals surface area contributed by atoms with Gasteiger partial charge in [-0.15, -0.1) is 0 Å². The molecule has 186 valence electrons. The zero-order chi connectivity index (χ0) is 25.3. The number of aromatic nitrogens is 5. The third-order valence-corrected chi connectivity index (χ3v) is 5.57. The van der Waals surface area contributed by atoms with E-state index in [1.807, 2.05) is 42.1 Å². The summed E-state index contributed by atoms with van der Waals surface area (Å²) in [5.41, 5.74) is 2.94. The standard InChI is InChI=1S/C23H20F3N7O3/c1-14-9-28-33(18-12-35-13-18)21(14)16-4-2-15(3-5-16)10-32-11-20(36-31-32)30-22(34)29-17-6-7-27-19(8-17)23(24,25)26/h2-9,11,18H,10,12-13H2,1H3,(H-,27,29,30,31,34)/p+1. The van der Waals surface area contributed by atoms with Crippen molar-refractivity contribution in [2.75, 3.05) is 23.8 Å². The van der Waals surface area contributed by atoms with E-state index in [4.69, 9.17) is 9.26 Å². The Hall–Kier alpha value is -4.26. The Morgan fingerprint density at radius 1 is 1.19 bits per heavy atom. The smallest absolute Gasteiger partial charge is 0.377 e. The van der Waals surface area contributed by atoms with E-state index in [9.17, 15) is 18.0 Å². The summed E-state index contributed by atoms with van der Waals surface area (Å²) in [6, 6.07) is 9.38. The van der Waals surface area contributed by atoms with E-state index < -0.39 is 17.9 Å². The van der Waals surface area contributed by atoms with Crippen molar-refractivity contribution >= 4 is 17.6 Å². The average molecular weight is 500 g/mol. The zero-order valence-corrected chi connectivity index (χ0v) is 19.0. The molecular weight excluding hydrogens is 479 g/mol. The van der Waals surface area contributed by atoms with Crippen LogP contribution in [0.3, 0.4) is 0 Å². The first-order valence-corrected chi connectivity index (χ1v) is 10.9. The number of urea groups is 1. The Morgan fingerprint density at radius 2 is 1.97 bits per heavy atom. The average Bonchev–Trinajstić information content (AvgIpc) is 3.39. The highest BCUT2D eigenvalue weighted by Crippen LogP contribution is 2.30. The van der Waals surface area contributed by atoms with Crippen molar-refractivity contribution in [3.63, 3.8) is 0 Å². The lowest BCUT2D eigenvalue weighted by Gasteiger charge is -2.28. The van der Waals surface area contributed by atoms with Gasteiger partial charge in [0.05, 0.1) is 31.1 Å². The second kappa shape index (κ2) is 9.41. The van der Waals surface area contributed by atoms with Crippen LogP contribution in [0.5, 0.6) is 0 Å². The topological polar surface area (TPSA) is 111 Å². The molecule has 1 fully saturated rings. The number of aryl methyl sites for hydroxylation is 1. The molecule has 1 aromatic carbocycles. The molecule has 0 aliphatic carbocycles. The summed E-state index contributed by atoms with van der Waals surface area (Å²) in [6.45, 7) is 3.70. The second-order valence-corrected chi connectivity index (χ2v) is 8.28. The molecule has 0 spiro atoms. The lowest BCUT2D eigenvalue weighted by molar-refractivity contribution is -0.754. The highest BCUT2D eigenvalue weighted by molar-refractivity contribution is 5.98. The fourth-order valence-corrected chi connectivity index (χ4v) is 3.75. The van der Waals surface area contributed by atoms with Crippen molar-refractivity contribution in [3.05, 3.63) is 71.8 Å². The van der Waals surface area contributed by atoms with Crippen LogP contribution in [0.15, 0.2) is 59.5 Å². The Balaban J connectivity index is 1.20. The molecule has 10 nitrogen and oxygen atoms in total. The first-order chi connectivity index (χ1) is 17.3. The number of anilines is 2. The van der Waals surface area contributed by atoms with Gasteiger partial charge in [0.1, 0.15) is 5.69 Å². The molecule has 2 N–H and O–H groups in total. The Kier molecular flexibility index (Phi) is 6.14. The van der Waals surface area contributed by atoms with Gasteiger partial charge in [-0.2, -0.15) is 18.3 Å². The molecule has 1 aliphatic rings. The predicted octanol–water partition coefficient (Wildman–Crippen LogP) is 3.81. The molecule has 36 heavy (non-hydrogen) atoms. The summed E-state index contributed by atoms with van der Waals surface area (Å²) >= 11 is 0. The molecule has 2 amide bonds. The van der Waals surface area contributed by atoms with E-state index in [1.54, 1.807) is 0 Å². The molecule has 4 aromatic rings. The van der Waals surface area contributed by atoms with Crippen molar-refractivity contribution < 1.29 is 31.9 Å². The van der Waals surface area contributed by atoms with Crippen LogP contribution in [0, 0.1) is 6.92 Å². The summed E-state index contributed by atoms with van der Waals surface area (Å²) in [5, 5.41) is 13.1. The molecule has 3 aromatic heterocycles. The third kappa shape index (κ3) is 5.05. The Bertz CT molecular complexity index is 1380. The van der Waals surface area contributed by atoms with Gasteiger partial charge >= 0.3 is 18.1 Å². The summed E-state index contributed by atoms with van der Waals surface area (Å²) in [6.07, 6.45) is -0.337. The van der Waals surface area contributed by atoms with Gasteiger partial charge in [0.15, 0.2) is 0 Å².